The molecule has 0 fully saturated rings. The minimum absolute atomic E-state index is 0.236. The summed E-state index contributed by atoms with van der Waals surface area (Å²) in [5.74, 6) is -3.46. The highest BCUT2D eigenvalue weighted by Crippen LogP contribution is 2.30. The third-order valence-electron chi connectivity index (χ3n) is 4.50. The van der Waals surface area contributed by atoms with Crippen LogP contribution in [0.5, 0.6) is 5.75 Å². The largest absolute Gasteiger partial charge is 0.466 e. The summed E-state index contributed by atoms with van der Waals surface area (Å²) in [6.45, 7) is 0. The third-order valence-corrected chi connectivity index (χ3v) is 6.74. The Morgan fingerprint density at radius 1 is 1.00 bits per heavy atom. The van der Waals surface area contributed by atoms with Gasteiger partial charge in [0.15, 0.2) is 5.75 Å². The van der Waals surface area contributed by atoms with Gasteiger partial charge in [0.05, 0.1) is 0 Å². The number of ether oxygens (including phenoxy) is 1. The van der Waals surface area contributed by atoms with Crippen molar-refractivity contribution in [2.24, 2.45) is 0 Å². The number of benzene rings is 2. The highest BCUT2D eigenvalue weighted by atomic mass is 32.2. The lowest BCUT2D eigenvalue weighted by Crippen LogP contribution is -2.40. The van der Waals surface area contributed by atoms with E-state index in [9.17, 15) is 30.4 Å². The first kappa shape index (κ1) is 22.1. The van der Waals surface area contributed by atoms with Crippen molar-refractivity contribution in [2.45, 2.75) is 35.8 Å². The van der Waals surface area contributed by atoms with Gasteiger partial charge >= 0.3 is 21.3 Å². The van der Waals surface area contributed by atoms with E-state index in [1.807, 2.05) is 0 Å². The van der Waals surface area contributed by atoms with Crippen LogP contribution in [-0.2, 0) is 37.8 Å². The topological polar surface area (TPSA) is 127 Å². The van der Waals surface area contributed by atoms with E-state index in [0.29, 0.717) is 0 Å². The summed E-state index contributed by atoms with van der Waals surface area (Å²) in [6.07, 6.45) is 3.71. The molecule has 0 bridgehead atoms. The molecule has 162 valence electrons. The van der Waals surface area contributed by atoms with E-state index in [2.05, 4.69) is 9.46 Å². The second-order valence-corrected chi connectivity index (χ2v) is 9.74. The number of esters is 1. The highest BCUT2D eigenvalue weighted by molar-refractivity contribution is 7.92. The van der Waals surface area contributed by atoms with Gasteiger partial charge in [-0.05, 0) is 61.1 Å². The van der Waals surface area contributed by atoms with E-state index < -0.39 is 42.0 Å². The van der Waals surface area contributed by atoms with E-state index in [4.69, 9.17) is 4.55 Å². The smallest absolute Gasteiger partial charge is 0.420 e. The van der Waals surface area contributed by atoms with Gasteiger partial charge in [0.1, 0.15) is 4.90 Å². The fourth-order valence-corrected chi connectivity index (χ4v) is 4.46. The molecule has 0 amide bonds. The maximum Gasteiger partial charge on any atom is 0.466 e. The minimum atomic E-state index is -6.10. The summed E-state index contributed by atoms with van der Waals surface area (Å²) in [6, 6.07) is 9.39. The van der Waals surface area contributed by atoms with Gasteiger partial charge in [-0.25, -0.2) is 13.2 Å². The summed E-state index contributed by atoms with van der Waals surface area (Å²) in [5, 5.41) is -5.27. The molecule has 0 unspecified atom stereocenters. The maximum absolute atomic E-state index is 13.5. The van der Waals surface area contributed by atoms with Gasteiger partial charge in [-0.15, -0.1) is 0 Å². The first-order valence-corrected chi connectivity index (χ1v) is 11.6. The lowest BCUT2D eigenvalue weighted by molar-refractivity contribution is -0.151. The number of anilines is 1. The van der Waals surface area contributed by atoms with E-state index >= 15 is 0 Å². The maximum atomic E-state index is 13.5. The van der Waals surface area contributed by atoms with Gasteiger partial charge in [0.2, 0.25) is 0 Å². The van der Waals surface area contributed by atoms with Crippen LogP contribution < -0.4 is 9.46 Å². The second kappa shape index (κ2) is 7.93. The number of carbonyl (C=O) groups is 1. The Morgan fingerprint density at radius 3 is 2.30 bits per heavy atom. The molecular formula is C18H17F2NO7S2. The average Bonchev–Trinajstić information content (AvgIpc) is 2.67. The van der Waals surface area contributed by atoms with Crippen molar-refractivity contribution in [1.82, 2.24) is 0 Å². The Kier molecular flexibility index (Phi) is 5.85. The third kappa shape index (κ3) is 4.45. The van der Waals surface area contributed by atoms with Gasteiger partial charge in [-0.1, -0.05) is 18.2 Å². The number of halogens is 2. The molecule has 0 atom stereocenters. The van der Waals surface area contributed by atoms with Crippen molar-refractivity contribution in [3.8, 4) is 5.75 Å². The van der Waals surface area contributed by atoms with Crippen LogP contribution >= 0.6 is 0 Å². The molecule has 2 aromatic carbocycles. The number of fused-ring (bicyclic) bond motifs is 1. The Labute approximate surface area is 171 Å². The Balaban J connectivity index is 1.90. The van der Waals surface area contributed by atoms with Gasteiger partial charge in [-0.2, -0.15) is 17.2 Å². The summed E-state index contributed by atoms with van der Waals surface area (Å²) in [4.78, 5) is 10.9. The first-order chi connectivity index (χ1) is 13.9. The van der Waals surface area contributed by atoms with Crippen LogP contribution in [0, 0.1) is 0 Å². The quantitative estimate of drug-likeness (QED) is 0.385. The molecule has 0 heterocycles. The fourth-order valence-electron chi connectivity index (χ4n) is 3.03. The molecule has 0 spiro atoms. The van der Waals surface area contributed by atoms with Crippen LogP contribution in [0.4, 0.5) is 14.5 Å². The average molecular weight is 461 g/mol. The molecule has 0 radical (unpaired) electrons. The molecule has 1 aliphatic rings. The molecular weight excluding hydrogens is 444 g/mol. The van der Waals surface area contributed by atoms with Gasteiger partial charge in [-0.3, -0.25) is 9.27 Å². The van der Waals surface area contributed by atoms with Gasteiger partial charge in [0, 0.05) is 5.69 Å². The summed E-state index contributed by atoms with van der Waals surface area (Å²) >= 11 is 0. The van der Waals surface area contributed by atoms with Gasteiger partial charge in [0.25, 0.3) is 10.0 Å². The lowest BCUT2D eigenvalue weighted by atomic mass is 9.91. The zero-order valence-corrected chi connectivity index (χ0v) is 17.0. The standard InChI is InChI=1S/C18H17F2NO7S2/c19-18(20,30(25,26)27)17(22)28-15-7-3-4-8-16(15)29(23,24)21-14-10-9-12-5-1-2-6-13(12)11-14/h3-4,7-11,21H,1-2,5-6H2,(H,25,26,27). The van der Waals surface area contributed by atoms with Crippen LogP contribution in [-0.4, -0.2) is 32.6 Å². The molecule has 2 aromatic rings. The van der Waals surface area contributed by atoms with Crippen LogP contribution in [0.25, 0.3) is 0 Å². The van der Waals surface area contributed by atoms with Crippen molar-refractivity contribution in [2.75, 3.05) is 4.72 Å². The Hall–Kier alpha value is -2.57. The van der Waals surface area contributed by atoms with E-state index in [1.165, 1.54) is 12.1 Å². The number of hydrogen-bond acceptors (Lipinski definition) is 6. The van der Waals surface area contributed by atoms with Crippen molar-refractivity contribution in [3.05, 3.63) is 53.6 Å². The van der Waals surface area contributed by atoms with E-state index in [1.54, 1.807) is 18.2 Å². The molecule has 30 heavy (non-hydrogen) atoms. The lowest BCUT2D eigenvalue weighted by Gasteiger charge is -2.18. The molecule has 0 aliphatic heterocycles. The number of hydrogen-bond donors (Lipinski definition) is 2. The predicted molar refractivity (Wildman–Crippen MR) is 102 cm³/mol. The van der Waals surface area contributed by atoms with Crippen LogP contribution in [0.15, 0.2) is 47.4 Å². The normalized spacial score (nSPS) is 14.6. The van der Waals surface area contributed by atoms with Crippen molar-refractivity contribution in [1.29, 1.82) is 0 Å². The molecule has 0 saturated carbocycles. The van der Waals surface area contributed by atoms with Crippen LogP contribution in [0.3, 0.4) is 0 Å². The molecule has 1 aliphatic carbocycles. The molecule has 8 nitrogen and oxygen atoms in total. The second-order valence-electron chi connectivity index (χ2n) is 6.62. The van der Waals surface area contributed by atoms with Gasteiger partial charge < -0.3 is 4.74 Å². The summed E-state index contributed by atoms with van der Waals surface area (Å²) < 4.78 is 89.0. The number of rotatable bonds is 6. The first-order valence-electron chi connectivity index (χ1n) is 8.72. The molecule has 2 N–H and O–H groups in total. The molecule has 12 heteroatoms. The predicted octanol–water partition coefficient (Wildman–Crippen LogP) is 2.75. The van der Waals surface area contributed by atoms with Crippen LogP contribution in [0.2, 0.25) is 0 Å². The fraction of sp³-hybridized carbons (Fsp3) is 0.278. The number of nitrogens with one attached hydrogen (secondary N) is 1. The molecule has 0 saturated heterocycles. The Morgan fingerprint density at radius 2 is 1.63 bits per heavy atom. The van der Waals surface area contributed by atoms with Crippen molar-refractivity contribution >= 4 is 31.8 Å². The highest BCUT2D eigenvalue weighted by Gasteiger charge is 2.54. The zero-order valence-electron chi connectivity index (χ0n) is 15.3. The van der Waals surface area contributed by atoms with E-state index in [0.717, 1.165) is 48.9 Å². The minimum Gasteiger partial charge on any atom is -0.420 e. The summed E-state index contributed by atoms with van der Waals surface area (Å²) in [5.41, 5.74) is 2.35. The Bertz CT molecular complexity index is 1190. The van der Waals surface area contributed by atoms with E-state index in [-0.39, 0.29) is 5.69 Å². The van der Waals surface area contributed by atoms with Crippen LogP contribution in [0.1, 0.15) is 24.0 Å². The summed E-state index contributed by atoms with van der Waals surface area (Å²) in [7, 11) is -10.5. The number of alkyl halides is 2. The molecule has 3 rings (SSSR count). The van der Waals surface area contributed by atoms with Crippen molar-refractivity contribution < 1.29 is 39.7 Å². The number of carbonyl (C=O) groups excluding carboxylic acids is 1. The number of aryl methyl sites for hydroxylation is 2. The SMILES string of the molecule is O=C(Oc1ccccc1S(=O)(=O)Nc1ccc2c(c1)CCCC2)C(F)(F)S(=O)(=O)O. The number of para-hydroxylation sites is 1. The zero-order chi connectivity index (χ0) is 22.2. The van der Waals surface area contributed by atoms with Crippen molar-refractivity contribution in [3.63, 3.8) is 0 Å². The molecule has 0 aromatic heterocycles. The number of sulfonamides is 1. The monoisotopic (exact) mass is 461 g/mol.